The van der Waals surface area contributed by atoms with Gasteiger partial charge < -0.3 is 9.47 Å². The van der Waals surface area contributed by atoms with Crippen molar-refractivity contribution in [2.24, 2.45) is 0 Å². The van der Waals surface area contributed by atoms with Gasteiger partial charge in [-0.15, -0.1) is 0 Å². The van der Waals surface area contributed by atoms with Crippen LogP contribution in [0.15, 0.2) is 35.0 Å². The minimum Gasteiger partial charge on any atom is -0.497 e. The Kier molecular flexibility index (Phi) is 4.65. The van der Waals surface area contributed by atoms with Gasteiger partial charge >= 0.3 is 12.0 Å². The Morgan fingerprint density at radius 1 is 1.32 bits per heavy atom. The van der Waals surface area contributed by atoms with Crippen LogP contribution in [0.5, 0.6) is 5.75 Å². The van der Waals surface area contributed by atoms with Crippen LogP contribution in [0.3, 0.4) is 0 Å². The third-order valence-corrected chi connectivity index (χ3v) is 2.64. The molecule has 7 nitrogen and oxygen atoms in total. The Morgan fingerprint density at radius 2 is 2.00 bits per heavy atom. The van der Waals surface area contributed by atoms with E-state index < -0.39 is 11.7 Å². The Hall–Kier alpha value is -2.57. The molecule has 0 spiro atoms. The first-order valence-corrected chi connectivity index (χ1v) is 6.85. The maximum atomic E-state index is 11.6. The summed E-state index contributed by atoms with van der Waals surface area (Å²) in [5, 5.41) is 6.34. The number of ether oxygens (including phenoxy) is 2. The zero-order valence-corrected chi connectivity index (χ0v) is 13.1. The summed E-state index contributed by atoms with van der Waals surface area (Å²) >= 11 is 0. The fourth-order valence-electron chi connectivity index (χ4n) is 1.73. The molecule has 0 unspecified atom stereocenters. The minimum atomic E-state index is -0.583. The summed E-state index contributed by atoms with van der Waals surface area (Å²) in [5.41, 5.74) is 0.464. The molecule has 1 amide bonds. The second-order valence-corrected chi connectivity index (χ2v) is 5.74. The minimum absolute atomic E-state index is 0.225. The van der Waals surface area contributed by atoms with Crippen molar-refractivity contribution in [3.05, 3.63) is 36.0 Å². The first-order valence-electron chi connectivity index (χ1n) is 6.85. The molecular formula is C15H20N3O4+. The van der Waals surface area contributed by atoms with Crippen LogP contribution >= 0.6 is 0 Å². The number of hydrogen-bond acceptors (Lipinski definition) is 5. The molecular weight excluding hydrogens is 286 g/mol. The number of nitrogens with one attached hydrogen (secondary N) is 1. The third kappa shape index (κ3) is 4.76. The number of rotatable bonds is 4. The molecule has 7 heteroatoms. The maximum Gasteiger partial charge on any atom is 0.414 e. The molecule has 2 rings (SSSR count). The first kappa shape index (κ1) is 15.8. The van der Waals surface area contributed by atoms with Crippen molar-refractivity contribution in [1.29, 1.82) is 0 Å². The third-order valence-electron chi connectivity index (χ3n) is 2.64. The van der Waals surface area contributed by atoms with Crippen LogP contribution in [0.4, 0.5) is 10.7 Å². The Balaban J connectivity index is 1.94. The number of hydrogen-bond donors (Lipinski definition) is 1. The standard InChI is InChI=1S/C15H19N3O4/c1-15(2,3)21-14(19)16-13-10-18(17-22-13)9-11-5-7-12(20-4)8-6-11/h5-8,10H,9H2,1-4H3/p+1. The average Bonchev–Trinajstić information content (AvgIpc) is 2.84. The number of carbonyl (C=O) groups is 1. The van der Waals surface area contributed by atoms with E-state index in [0.29, 0.717) is 6.54 Å². The fourth-order valence-corrected chi connectivity index (χ4v) is 1.73. The van der Waals surface area contributed by atoms with E-state index in [9.17, 15) is 4.79 Å². The van der Waals surface area contributed by atoms with Crippen LogP contribution in [0.1, 0.15) is 26.3 Å². The van der Waals surface area contributed by atoms with E-state index in [0.717, 1.165) is 11.3 Å². The molecule has 0 aliphatic rings. The summed E-state index contributed by atoms with van der Waals surface area (Å²) < 4.78 is 16.9. The van der Waals surface area contributed by atoms with Gasteiger partial charge in [-0.3, -0.25) is 9.84 Å². The molecule has 0 bridgehead atoms. The van der Waals surface area contributed by atoms with E-state index in [1.54, 1.807) is 38.8 Å². The molecule has 0 radical (unpaired) electrons. The predicted molar refractivity (Wildman–Crippen MR) is 78.7 cm³/mol. The normalized spacial score (nSPS) is 11.1. The summed E-state index contributed by atoms with van der Waals surface area (Å²) in [4.78, 5) is 11.6. The van der Waals surface area contributed by atoms with Crippen molar-refractivity contribution in [2.75, 3.05) is 12.4 Å². The van der Waals surface area contributed by atoms with Gasteiger partial charge in [-0.2, -0.15) is 0 Å². The molecule has 0 atom stereocenters. The fraction of sp³-hybridized carbons (Fsp3) is 0.400. The first-order chi connectivity index (χ1) is 10.4. The molecule has 1 aromatic carbocycles. The van der Waals surface area contributed by atoms with E-state index in [4.69, 9.17) is 14.0 Å². The number of nitrogens with zero attached hydrogens (tertiary/aromatic N) is 2. The average molecular weight is 306 g/mol. The number of amides is 1. The van der Waals surface area contributed by atoms with E-state index in [1.807, 2.05) is 24.3 Å². The highest BCUT2D eigenvalue weighted by molar-refractivity contribution is 5.82. The summed E-state index contributed by atoms with van der Waals surface area (Å²) in [6.45, 7) is 5.88. The Labute approximate surface area is 128 Å². The van der Waals surface area contributed by atoms with Gasteiger partial charge in [0.05, 0.1) is 7.11 Å². The number of aromatic nitrogens is 2. The number of benzene rings is 1. The topological polar surface area (TPSA) is 77.5 Å². The predicted octanol–water partition coefficient (Wildman–Crippen LogP) is 2.37. The van der Waals surface area contributed by atoms with E-state index in [-0.39, 0.29) is 5.88 Å². The second kappa shape index (κ2) is 6.46. The summed E-state index contributed by atoms with van der Waals surface area (Å²) in [5.74, 6) is 1.02. The van der Waals surface area contributed by atoms with Gasteiger partial charge in [0.15, 0.2) is 0 Å². The maximum absolute atomic E-state index is 11.6. The molecule has 0 saturated heterocycles. The lowest BCUT2D eigenvalue weighted by Gasteiger charge is -2.18. The highest BCUT2D eigenvalue weighted by atomic mass is 16.6. The monoisotopic (exact) mass is 306 g/mol. The molecule has 0 aliphatic heterocycles. The van der Waals surface area contributed by atoms with Gasteiger partial charge in [-0.25, -0.2) is 4.79 Å². The summed E-state index contributed by atoms with van der Waals surface area (Å²) in [6.07, 6.45) is 1.01. The van der Waals surface area contributed by atoms with E-state index in [1.165, 1.54) is 0 Å². The quantitative estimate of drug-likeness (QED) is 0.877. The smallest absolute Gasteiger partial charge is 0.414 e. The Bertz CT molecular complexity index is 629. The van der Waals surface area contributed by atoms with Gasteiger partial charge in [0.1, 0.15) is 11.4 Å². The zero-order chi connectivity index (χ0) is 16.2. The molecule has 0 aliphatic carbocycles. The molecule has 1 aromatic heterocycles. The molecule has 0 fully saturated rings. The van der Waals surface area contributed by atoms with Gasteiger partial charge in [0.25, 0.3) is 6.20 Å². The van der Waals surface area contributed by atoms with Gasteiger partial charge in [0.2, 0.25) is 11.8 Å². The number of anilines is 1. The highest BCUT2D eigenvalue weighted by Gasteiger charge is 2.20. The van der Waals surface area contributed by atoms with Crippen LogP contribution in [0, 0.1) is 0 Å². The molecule has 2 aromatic rings. The number of carbonyl (C=O) groups excluding carboxylic acids is 1. The summed E-state index contributed by atoms with van der Waals surface area (Å²) in [6, 6.07) is 7.61. The van der Waals surface area contributed by atoms with Crippen LogP contribution in [-0.4, -0.2) is 24.1 Å². The van der Waals surface area contributed by atoms with Gasteiger partial charge in [-0.1, -0.05) is 0 Å². The van der Waals surface area contributed by atoms with Crippen molar-refractivity contribution in [3.63, 3.8) is 0 Å². The van der Waals surface area contributed by atoms with E-state index in [2.05, 4.69) is 10.6 Å². The van der Waals surface area contributed by atoms with Gasteiger partial charge in [-0.05, 0) is 49.7 Å². The SMILES string of the molecule is COc1ccc(C[n+]2cc(NC(=O)OC(C)(C)C)on2)cc1. The lowest BCUT2D eigenvalue weighted by Crippen LogP contribution is -2.35. The molecule has 1 N–H and O–H groups in total. The molecule has 118 valence electrons. The zero-order valence-electron chi connectivity index (χ0n) is 13.1. The van der Waals surface area contributed by atoms with Crippen LogP contribution < -0.4 is 14.7 Å². The van der Waals surface area contributed by atoms with Crippen molar-refractivity contribution >= 4 is 12.0 Å². The lowest BCUT2D eigenvalue weighted by atomic mass is 10.2. The second-order valence-electron chi connectivity index (χ2n) is 5.74. The largest absolute Gasteiger partial charge is 0.497 e. The number of methoxy groups -OCH3 is 1. The molecule has 1 heterocycles. The van der Waals surface area contributed by atoms with Crippen LogP contribution in [0.2, 0.25) is 0 Å². The lowest BCUT2D eigenvalue weighted by molar-refractivity contribution is -0.754. The molecule has 22 heavy (non-hydrogen) atoms. The Morgan fingerprint density at radius 3 is 2.59 bits per heavy atom. The van der Waals surface area contributed by atoms with Crippen molar-refractivity contribution < 1.29 is 23.5 Å². The van der Waals surface area contributed by atoms with Crippen molar-refractivity contribution in [2.45, 2.75) is 32.9 Å². The highest BCUT2D eigenvalue weighted by Crippen LogP contribution is 2.12. The van der Waals surface area contributed by atoms with Crippen LogP contribution in [0.25, 0.3) is 0 Å². The van der Waals surface area contributed by atoms with Crippen molar-refractivity contribution in [3.8, 4) is 5.75 Å². The summed E-state index contributed by atoms with van der Waals surface area (Å²) in [7, 11) is 1.62. The van der Waals surface area contributed by atoms with Gasteiger partial charge in [0, 0.05) is 5.56 Å². The van der Waals surface area contributed by atoms with Crippen LogP contribution in [-0.2, 0) is 11.3 Å². The molecule has 0 saturated carbocycles. The van der Waals surface area contributed by atoms with E-state index >= 15 is 0 Å². The van der Waals surface area contributed by atoms with Crippen molar-refractivity contribution in [1.82, 2.24) is 5.27 Å².